The average Bonchev–Trinajstić information content (AvgIpc) is 3.20. The van der Waals surface area contributed by atoms with Gasteiger partial charge >= 0.3 is 0 Å². The molecule has 0 saturated carbocycles. The van der Waals surface area contributed by atoms with E-state index in [2.05, 4.69) is 15.3 Å². The van der Waals surface area contributed by atoms with E-state index in [1.807, 2.05) is 54.6 Å². The van der Waals surface area contributed by atoms with Gasteiger partial charge in [0, 0.05) is 41.2 Å². The third-order valence-electron chi connectivity index (χ3n) is 4.97. The molecule has 0 aliphatic rings. The van der Waals surface area contributed by atoms with Gasteiger partial charge in [-0.3, -0.25) is 0 Å². The standard InChI is InChI=1S/C24H23Cl2N3O2/c1-30-22-12-17(14-27-11-10-24-28-20-8-4-5-9-21(20)29-24)19(26)13-23(22)31-15-16-6-2-3-7-18(16)25/h2-9,12-13,27H,10-11,14-15H2,1H3,(H,28,29). The molecule has 160 valence electrons. The van der Waals surface area contributed by atoms with E-state index in [4.69, 9.17) is 32.7 Å². The largest absolute Gasteiger partial charge is 0.493 e. The zero-order valence-corrected chi connectivity index (χ0v) is 18.6. The Morgan fingerprint density at radius 1 is 0.935 bits per heavy atom. The molecule has 4 rings (SSSR count). The maximum absolute atomic E-state index is 6.50. The molecule has 2 N–H and O–H groups in total. The Kier molecular flexibility index (Phi) is 6.97. The number of ether oxygens (including phenoxy) is 2. The van der Waals surface area contributed by atoms with Crippen LogP contribution in [0.1, 0.15) is 17.0 Å². The number of nitrogens with zero attached hydrogens (tertiary/aromatic N) is 1. The number of methoxy groups -OCH3 is 1. The van der Waals surface area contributed by atoms with Gasteiger partial charge in [0.25, 0.3) is 0 Å². The van der Waals surface area contributed by atoms with Crippen molar-refractivity contribution in [2.75, 3.05) is 13.7 Å². The number of hydrogen-bond donors (Lipinski definition) is 2. The van der Waals surface area contributed by atoms with Crippen molar-refractivity contribution in [2.45, 2.75) is 19.6 Å². The number of fused-ring (bicyclic) bond motifs is 1. The fourth-order valence-corrected chi connectivity index (χ4v) is 3.72. The molecule has 0 saturated heterocycles. The lowest BCUT2D eigenvalue weighted by molar-refractivity contribution is 0.284. The summed E-state index contributed by atoms with van der Waals surface area (Å²) < 4.78 is 11.4. The summed E-state index contributed by atoms with van der Waals surface area (Å²) in [6, 6.07) is 19.3. The number of H-pyrrole nitrogens is 1. The van der Waals surface area contributed by atoms with Gasteiger partial charge in [0.1, 0.15) is 12.4 Å². The Balaban J connectivity index is 1.35. The molecule has 31 heavy (non-hydrogen) atoms. The van der Waals surface area contributed by atoms with E-state index >= 15 is 0 Å². The summed E-state index contributed by atoms with van der Waals surface area (Å²) in [4.78, 5) is 7.94. The van der Waals surface area contributed by atoms with Crippen LogP contribution in [0, 0.1) is 0 Å². The second-order valence-electron chi connectivity index (χ2n) is 7.10. The van der Waals surface area contributed by atoms with Crippen molar-refractivity contribution >= 4 is 34.2 Å². The monoisotopic (exact) mass is 455 g/mol. The highest BCUT2D eigenvalue weighted by atomic mass is 35.5. The lowest BCUT2D eigenvalue weighted by Crippen LogP contribution is -2.17. The van der Waals surface area contributed by atoms with Gasteiger partial charge in [-0.2, -0.15) is 0 Å². The molecule has 4 aromatic rings. The lowest BCUT2D eigenvalue weighted by Gasteiger charge is -2.15. The Bertz CT molecular complexity index is 1140. The summed E-state index contributed by atoms with van der Waals surface area (Å²) in [5.74, 6) is 2.17. The van der Waals surface area contributed by atoms with Gasteiger partial charge in [0.15, 0.2) is 11.5 Å². The molecule has 0 unspecified atom stereocenters. The number of nitrogens with one attached hydrogen (secondary N) is 2. The fraction of sp³-hybridized carbons (Fsp3) is 0.208. The van der Waals surface area contributed by atoms with Crippen LogP contribution < -0.4 is 14.8 Å². The van der Waals surface area contributed by atoms with E-state index in [1.165, 1.54) is 0 Å². The molecule has 0 aliphatic carbocycles. The van der Waals surface area contributed by atoms with Crippen molar-refractivity contribution in [1.82, 2.24) is 15.3 Å². The number of hydrogen-bond acceptors (Lipinski definition) is 4. The van der Waals surface area contributed by atoms with Crippen LogP contribution in [0.5, 0.6) is 11.5 Å². The van der Waals surface area contributed by atoms with Crippen molar-refractivity contribution in [3.8, 4) is 11.5 Å². The van der Waals surface area contributed by atoms with Crippen LogP contribution in [0.3, 0.4) is 0 Å². The summed E-state index contributed by atoms with van der Waals surface area (Å²) in [6.45, 7) is 1.71. The number of aromatic amines is 1. The molecular weight excluding hydrogens is 433 g/mol. The second-order valence-corrected chi connectivity index (χ2v) is 7.92. The average molecular weight is 456 g/mol. The Labute approximate surface area is 191 Å². The molecule has 0 bridgehead atoms. The van der Waals surface area contributed by atoms with Gasteiger partial charge in [0.2, 0.25) is 0 Å². The third kappa shape index (κ3) is 5.31. The first-order valence-corrected chi connectivity index (χ1v) is 10.8. The second kappa shape index (κ2) is 10.1. The minimum atomic E-state index is 0.335. The molecule has 0 radical (unpaired) electrons. The smallest absolute Gasteiger partial charge is 0.163 e. The first-order valence-electron chi connectivity index (χ1n) is 10.0. The number of imidazole rings is 1. The van der Waals surface area contributed by atoms with Crippen LogP contribution in [0.25, 0.3) is 11.0 Å². The minimum Gasteiger partial charge on any atom is -0.493 e. The lowest BCUT2D eigenvalue weighted by atomic mass is 10.2. The highest BCUT2D eigenvalue weighted by Gasteiger charge is 2.12. The molecule has 1 aromatic heterocycles. The van der Waals surface area contributed by atoms with Gasteiger partial charge < -0.3 is 19.8 Å². The summed E-state index contributed by atoms with van der Waals surface area (Å²) >= 11 is 12.7. The van der Waals surface area contributed by atoms with E-state index in [9.17, 15) is 0 Å². The number of halogens is 2. The van der Waals surface area contributed by atoms with Crippen LogP contribution >= 0.6 is 23.2 Å². The van der Waals surface area contributed by atoms with Crippen LogP contribution in [0.4, 0.5) is 0 Å². The van der Waals surface area contributed by atoms with Crippen molar-refractivity contribution in [2.24, 2.45) is 0 Å². The molecule has 5 nitrogen and oxygen atoms in total. The quantitative estimate of drug-likeness (QED) is 0.313. The Morgan fingerprint density at radius 2 is 1.74 bits per heavy atom. The number of benzene rings is 3. The SMILES string of the molecule is COc1cc(CNCCc2nc3ccccc3[nH]2)c(Cl)cc1OCc1ccccc1Cl. The van der Waals surface area contributed by atoms with Gasteiger partial charge in [-0.15, -0.1) is 0 Å². The van der Waals surface area contributed by atoms with Crippen LogP contribution in [-0.4, -0.2) is 23.6 Å². The van der Waals surface area contributed by atoms with E-state index < -0.39 is 0 Å². The maximum Gasteiger partial charge on any atom is 0.163 e. The van der Waals surface area contributed by atoms with Gasteiger partial charge in [-0.25, -0.2) is 4.98 Å². The fourth-order valence-electron chi connectivity index (χ4n) is 3.31. The molecular formula is C24H23Cl2N3O2. The van der Waals surface area contributed by atoms with Gasteiger partial charge in [-0.05, 0) is 29.8 Å². The van der Waals surface area contributed by atoms with E-state index in [0.29, 0.717) is 34.7 Å². The van der Waals surface area contributed by atoms with Gasteiger partial charge in [0.05, 0.1) is 18.1 Å². The highest BCUT2D eigenvalue weighted by Crippen LogP contribution is 2.34. The van der Waals surface area contributed by atoms with Crippen molar-refractivity contribution in [1.29, 1.82) is 0 Å². The van der Waals surface area contributed by atoms with Crippen LogP contribution in [0.15, 0.2) is 60.7 Å². The normalized spacial score (nSPS) is 11.1. The molecule has 1 heterocycles. The van der Waals surface area contributed by atoms with E-state index in [-0.39, 0.29) is 0 Å². The molecule has 0 amide bonds. The predicted octanol–water partition coefficient (Wildman–Crippen LogP) is 5.79. The molecule has 0 spiro atoms. The molecule has 3 aromatic carbocycles. The predicted molar refractivity (Wildman–Crippen MR) is 125 cm³/mol. The van der Waals surface area contributed by atoms with Crippen LogP contribution in [0.2, 0.25) is 10.0 Å². The number of para-hydroxylation sites is 2. The van der Waals surface area contributed by atoms with E-state index in [1.54, 1.807) is 13.2 Å². The van der Waals surface area contributed by atoms with Crippen molar-refractivity contribution in [3.63, 3.8) is 0 Å². The Morgan fingerprint density at radius 3 is 2.55 bits per heavy atom. The zero-order chi connectivity index (χ0) is 21.6. The summed E-state index contributed by atoms with van der Waals surface area (Å²) in [6.07, 6.45) is 0.794. The van der Waals surface area contributed by atoms with Crippen molar-refractivity contribution < 1.29 is 9.47 Å². The first-order chi connectivity index (χ1) is 15.1. The zero-order valence-electron chi connectivity index (χ0n) is 17.1. The van der Waals surface area contributed by atoms with Gasteiger partial charge in [-0.1, -0.05) is 53.5 Å². The third-order valence-corrected chi connectivity index (χ3v) is 5.69. The molecule has 0 aliphatic heterocycles. The first kappa shape index (κ1) is 21.5. The summed E-state index contributed by atoms with van der Waals surface area (Å²) in [5, 5.41) is 4.69. The summed E-state index contributed by atoms with van der Waals surface area (Å²) in [5.41, 5.74) is 3.88. The molecule has 0 fully saturated rings. The molecule has 0 atom stereocenters. The number of rotatable bonds is 9. The highest BCUT2D eigenvalue weighted by molar-refractivity contribution is 6.31. The van der Waals surface area contributed by atoms with E-state index in [0.717, 1.165) is 41.0 Å². The maximum atomic E-state index is 6.50. The van der Waals surface area contributed by atoms with Crippen molar-refractivity contribution in [3.05, 3.63) is 87.7 Å². The Hall–Kier alpha value is -2.73. The van der Waals surface area contributed by atoms with Crippen LogP contribution in [-0.2, 0) is 19.6 Å². The topological polar surface area (TPSA) is 59.2 Å². The summed E-state index contributed by atoms with van der Waals surface area (Å²) in [7, 11) is 1.62. The number of aromatic nitrogens is 2. The minimum absolute atomic E-state index is 0.335. The molecule has 7 heteroatoms.